The monoisotopic (exact) mass is 314 g/mol. The van der Waals surface area contributed by atoms with E-state index in [1.165, 1.54) is 12.1 Å². The minimum atomic E-state index is -3.59. The number of sulfonamides is 1. The van der Waals surface area contributed by atoms with E-state index in [1.807, 2.05) is 13.8 Å². The van der Waals surface area contributed by atoms with Crippen molar-refractivity contribution in [3.8, 4) is 0 Å². The largest absolute Gasteiger partial charge is 0.383 e. The molecule has 0 aromatic heterocycles. The topological polar surface area (TPSA) is 84.5 Å². The molecule has 0 unspecified atom stereocenters. The van der Waals surface area contributed by atoms with Crippen LogP contribution in [0.4, 0.5) is 0 Å². The Balaban J connectivity index is 2.82. The summed E-state index contributed by atoms with van der Waals surface area (Å²) in [6, 6.07) is 5.96. The van der Waals surface area contributed by atoms with Gasteiger partial charge in [-0.3, -0.25) is 4.79 Å². The number of carbonyl (C=O) groups excluding carboxylic acids is 1. The molecule has 118 valence electrons. The molecular formula is C14H22N2O4S. The van der Waals surface area contributed by atoms with Gasteiger partial charge in [-0.1, -0.05) is 19.9 Å². The lowest BCUT2D eigenvalue weighted by Gasteiger charge is -2.10. The molecule has 0 aliphatic heterocycles. The third-order valence-corrected chi connectivity index (χ3v) is 4.10. The van der Waals surface area contributed by atoms with Gasteiger partial charge in [-0.2, -0.15) is 0 Å². The molecule has 1 aromatic carbocycles. The molecule has 1 amide bonds. The standard InChI is InChI=1S/C14H22N2O4S/c1-11(2)10-16-21(18,19)13-6-4-5-12(9-13)14(17)15-7-8-20-3/h4-6,9,11,16H,7-8,10H2,1-3H3,(H,15,17). The van der Waals surface area contributed by atoms with Gasteiger partial charge in [0.25, 0.3) is 5.91 Å². The number of amides is 1. The SMILES string of the molecule is COCCNC(=O)c1cccc(S(=O)(=O)NCC(C)C)c1. The summed E-state index contributed by atoms with van der Waals surface area (Å²) in [6.07, 6.45) is 0. The number of benzene rings is 1. The summed E-state index contributed by atoms with van der Waals surface area (Å²) in [5.74, 6) is -0.117. The summed E-state index contributed by atoms with van der Waals surface area (Å²) in [5, 5.41) is 2.65. The number of nitrogens with one attached hydrogen (secondary N) is 2. The van der Waals surface area contributed by atoms with Gasteiger partial charge in [0.2, 0.25) is 10.0 Å². The van der Waals surface area contributed by atoms with Crippen molar-refractivity contribution in [1.82, 2.24) is 10.0 Å². The molecular weight excluding hydrogens is 292 g/mol. The van der Waals surface area contributed by atoms with Crippen LogP contribution in [0.15, 0.2) is 29.2 Å². The predicted molar refractivity (Wildman–Crippen MR) is 80.7 cm³/mol. The molecule has 21 heavy (non-hydrogen) atoms. The van der Waals surface area contributed by atoms with Crippen molar-refractivity contribution >= 4 is 15.9 Å². The van der Waals surface area contributed by atoms with Crippen LogP contribution in [-0.2, 0) is 14.8 Å². The fourth-order valence-corrected chi connectivity index (χ4v) is 2.79. The molecule has 1 rings (SSSR count). The number of hydrogen-bond acceptors (Lipinski definition) is 4. The van der Waals surface area contributed by atoms with Crippen LogP contribution in [0.5, 0.6) is 0 Å². The van der Waals surface area contributed by atoms with Crippen molar-refractivity contribution in [2.75, 3.05) is 26.8 Å². The first-order chi connectivity index (χ1) is 9.86. The Kier molecular flexibility index (Phi) is 6.80. The summed E-state index contributed by atoms with van der Waals surface area (Å²) in [7, 11) is -2.05. The van der Waals surface area contributed by atoms with Crippen LogP contribution in [0, 0.1) is 5.92 Å². The molecule has 0 fully saturated rings. The maximum absolute atomic E-state index is 12.1. The Hall–Kier alpha value is -1.44. The highest BCUT2D eigenvalue weighted by Gasteiger charge is 2.16. The molecule has 0 aliphatic carbocycles. The van der Waals surface area contributed by atoms with E-state index in [9.17, 15) is 13.2 Å². The van der Waals surface area contributed by atoms with Gasteiger partial charge in [-0.05, 0) is 24.1 Å². The highest BCUT2D eigenvalue weighted by molar-refractivity contribution is 7.89. The number of hydrogen-bond donors (Lipinski definition) is 2. The van der Waals surface area contributed by atoms with E-state index in [-0.39, 0.29) is 16.7 Å². The van der Waals surface area contributed by atoms with E-state index in [0.29, 0.717) is 25.3 Å². The van der Waals surface area contributed by atoms with Crippen LogP contribution in [0.3, 0.4) is 0 Å². The van der Waals surface area contributed by atoms with Crippen molar-refractivity contribution < 1.29 is 17.9 Å². The second kappa shape index (κ2) is 8.11. The number of ether oxygens (including phenoxy) is 1. The fourth-order valence-electron chi connectivity index (χ4n) is 1.53. The Morgan fingerprint density at radius 2 is 2.05 bits per heavy atom. The van der Waals surface area contributed by atoms with E-state index in [0.717, 1.165) is 0 Å². The van der Waals surface area contributed by atoms with Gasteiger partial charge in [-0.25, -0.2) is 13.1 Å². The molecule has 0 radical (unpaired) electrons. The molecule has 0 heterocycles. The molecule has 6 nitrogen and oxygen atoms in total. The molecule has 0 saturated heterocycles. The van der Waals surface area contributed by atoms with E-state index in [1.54, 1.807) is 19.2 Å². The van der Waals surface area contributed by atoms with Crippen LogP contribution in [0.25, 0.3) is 0 Å². The molecule has 0 saturated carbocycles. The first kappa shape index (κ1) is 17.6. The minimum absolute atomic E-state index is 0.0857. The van der Waals surface area contributed by atoms with Gasteiger partial charge in [0.05, 0.1) is 11.5 Å². The van der Waals surface area contributed by atoms with Crippen molar-refractivity contribution in [1.29, 1.82) is 0 Å². The van der Waals surface area contributed by atoms with E-state index >= 15 is 0 Å². The van der Waals surface area contributed by atoms with Gasteiger partial charge >= 0.3 is 0 Å². The van der Waals surface area contributed by atoms with Crippen molar-refractivity contribution in [3.63, 3.8) is 0 Å². The van der Waals surface area contributed by atoms with Crippen LogP contribution in [0.1, 0.15) is 24.2 Å². The van der Waals surface area contributed by atoms with Gasteiger partial charge < -0.3 is 10.1 Å². The molecule has 0 spiro atoms. The molecule has 7 heteroatoms. The summed E-state index contributed by atoms with van der Waals surface area (Å²) in [4.78, 5) is 12.0. The molecule has 2 N–H and O–H groups in total. The summed E-state index contributed by atoms with van der Waals surface area (Å²) in [6.45, 7) is 4.97. The van der Waals surface area contributed by atoms with Crippen molar-refractivity contribution in [2.45, 2.75) is 18.7 Å². The lowest BCUT2D eigenvalue weighted by Crippen LogP contribution is -2.29. The second-order valence-corrected chi connectivity index (χ2v) is 6.79. The van der Waals surface area contributed by atoms with Crippen LogP contribution in [-0.4, -0.2) is 41.1 Å². The van der Waals surface area contributed by atoms with E-state index < -0.39 is 10.0 Å². The Labute approximate surface area is 125 Å². The zero-order chi connectivity index (χ0) is 15.9. The normalized spacial score (nSPS) is 11.6. The second-order valence-electron chi connectivity index (χ2n) is 5.02. The third-order valence-electron chi connectivity index (χ3n) is 2.68. The van der Waals surface area contributed by atoms with Crippen molar-refractivity contribution in [2.24, 2.45) is 5.92 Å². The quantitative estimate of drug-likeness (QED) is 0.701. The third kappa shape index (κ3) is 5.82. The lowest BCUT2D eigenvalue weighted by molar-refractivity contribution is 0.0937. The maximum atomic E-state index is 12.1. The number of methoxy groups -OCH3 is 1. The lowest BCUT2D eigenvalue weighted by atomic mass is 10.2. The molecule has 0 aliphatic rings. The Morgan fingerprint density at radius 1 is 1.33 bits per heavy atom. The molecule has 0 bridgehead atoms. The van der Waals surface area contributed by atoms with Crippen LogP contribution >= 0.6 is 0 Å². The Morgan fingerprint density at radius 3 is 2.67 bits per heavy atom. The van der Waals surface area contributed by atoms with E-state index in [4.69, 9.17) is 4.74 Å². The number of rotatable bonds is 8. The van der Waals surface area contributed by atoms with Gasteiger partial charge in [-0.15, -0.1) is 0 Å². The maximum Gasteiger partial charge on any atom is 0.251 e. The highest BCUT2D eigenvalue weighted by Crippen LogP contribution is 2.11. The van der Waals surface area contributed by atoms with Crippen molar-refractivity contribution in [3.05, 3.63) is 29.8 Å². The molecule has 0 atom stereocenters. The van der Waals surface area contributed by atoms with Gasteiger partial charge in [0.15, 0.2) is 0 Å². The first-order valence-corrected chi connectivity index (χ1v) is 8.22. The van der Waals surface area contributed by atoms with E-state index in [2.05, 4.69) is 10.0 Å². The zero-order valence-corrected chi connectivity index (χ0v) is 13.4. The fraction of sp³-hybridized carbons (Fsp3) is 0.500. The number of carbonyl (C=O) groups is 1. The highest BCUT2D eigenvalue weighted by atomic mass is 32.2. The smallest absolute Gasteiger partial charge is 0.251 e. The summed E-state index contributed by atoms with van der Waals surface area (Å²) in [5.41, 5.74) is 0.304. The Bertz CT molecular complexity index is 570. The summed E-state index contributed by atoms with van der Waals surface area (Å²) >= 11 is 0. The van der Waals surface area contributed by atoms with Crippen LogP contribution in [0.2, 0.25) is 0 Å². The summed E-state index contributed by atoms with van der Waals surface area (Å²) < 4.78 is 31.6. The predicted octanol–water partition coefficient (Wildman–Crippen LogP) is 0.997. The van der Waals surface area contributed by atoms with Crippen LogP contribution < -0.4 is 10.0 Å². The molecule has 1 aromatic rings. The minimum Gasteiger partial charge on any atom is -0.383 e. The average Bonchev–Trinajstić information content (AvgIpc) is 2.45. The average molecular weight is 314 g/mol. The van der Waals surface area contributed by atoms with Gasteiger partial charge in [0, 0.05) is 25.8 Å². The first-order valence-electron chi connectivity index (χ1n) is 6.73. The van der Waals surface area contributed by atoms with Gasteiger partial charge in [0.1, 0.15) is 0 Å². The zero-order valence-electron chi connectivity index (χ0n) is 12.5.